The number of anilines is 2. The van der Waals surface area contributed by atoms with Crippen LogP contribution in [-0.4, -0.2) is 28.7 Å². The van der Waals surface area contributed by atoms with Gasteiger partial charge >= 0.3 is 0 Å². The molecule has 0 saturated carbocycles. The number of nitrogens with one attached hydrogen (secondary N) is 1. The zero-order chi connectivity index (χ0) is 23.9. The monoisotopic (exact) mass is 483 g/mol. The summed E-state index contributed by atoms with van der Waals surface area (Å²) in [5.41, 5.74) is 8.29. The summed E-state index contributed by atoms with van der Waals surface area (Å²) in [5, 5.41) is 0.819. The van der Waals surface area contributed by atoms with Crippen LogP contribution in [0.2, 0.25) is 5.02 Å². The summed E-state index contributed by atoms with van der Waals surface area (Å²) in [5.74, 6) is -0.115. The molecule has 2 heterocycles. The quantitative estimate of drug-likeness (QED) is 0.387. The van der Waals surface area contributed by atoms with Crippen molar-refractivity contribution in [3.05, 3.63) is 76.7 Å². The molecule has 0 aliphatic rings. The first-order chi connectivity index (χ1) is 15.6. The van der Waals surface area contributed by atoms with Crippen LogP contribution in [0.3, 0.4) is 0 Å². The van der Waals surface area contributed by atoms with Gasteiger partial charge in [-0.05, 0) is 50.6 Å². The lowest BCUT2D eigenvalue weighted by Crippen LogP contribution is -2.13. The van der Waals surface area contributed by atoms with E-state index in [2.05, 4.69) is 14.7 Å². The number of sulfonamides is 1. The number of aryl methyl sites for hydroxylation is 1. The molecule has 8 nitrogen and oxygen atoms in total. The van der Waals surface area contributed by atoms with Crippen LogP contribution in [0.15, 0.2) is 59.9 Å². The van der Waals surface area contributed by atoms with Gasteiger partial charge in [0.1, 0.15) is 17.8 Å². The zero-order valence-electron chi connectivity index (χ0n) is 18.2. The molecule has 0 fully saturated rings. The highest BCUT2D eigenvalue weighted by molar-refractivity contribution is 7.92. The largest absolute Gasteiger partial charge is 0.383 e. The molecule has 33 heavy (non-hydrogen) atoms. The predicted molar refractivity (Wildman–Crippen MR) is 129 cm³/mol. The Kier molecular flexibility index (Phi) is 5.85. The highest BCUT2D eigenvalue weighted by atomic mass is 35.5. The SMILES string of the molecule is Cc1ccc(S(=O)(=O)Nc2cccc(C(=O)c3cn(C(C)C)c4ncnc(N)c34)c2)cc1Cl. The summed E-state index contributed by atoms with van der Waals surface area (Å²) in [7, 11) is -3.90. The molecule has 4 aromatic rings. The highest BCUT2D eigenvalue weighted by Crippen LogP contribution is 2.29. The van der Waals surface area contributed by atoms with Gasteiger partial charge in [-0.2, -0.15) is 0 Å². The van der Waals surface area contributed by atoms with Crippen molar-refractivity contribution in [2.75, 3.05) is 10.5 Å². The number of nitrogens with two attached hydrogens (primary N) is 1. The molecule has 2 aromatic heterocycles. The molecule has 10 heteroatoms. The van der Waals surface area contributed by atoms with Crippen molar-refractivity contribution in [1.82, 2.24) is 14.5 Å². The first kappa shape index (κ1) is 22.8. The second-order valence-corrected chi connectivity index (χ2v) is 10.0. The second-order valence-electron chi connectivity index (χ2n) is 7.93. The summed E-state index contributed by atoms with van der Waals surface area (Å²) in [6, 6.07) is 10.8. The Balaban J connectivity index is 1.72. The lowest BCUT2D eigenvalue weighted by molar-refractivity contribution is 0.104. The summed E-state index contributed by atoms with van der Waals surface area (Å²) < 4.78 is 30.0. The summed E-state index contributed by atoms with van der Waals surface area (Å²) in [4.78, 5) is 21.7. The van der Waals surface area contributed by atoms with Crippen LogP contribution < -0.4 is 10.5 Å². The molecule has 3 N–H and O–H groups in total. The highest BCUT2D eigenvalue weighted by Gasteiger charge is 2.22. The minimum absolute atomic E-state index is 0.0276. The van der Waals surface area contributed by atoms with Crippen molar-refractivity contribution in [2.24, 2.45) is 0 Å². The van der Waals surface area contributed by atoms with Crippen LogP contribution in [0.5, 0.6) is 0 Å². The molecule has 0 bridgehead atoms. The normalized spacial score (nSPS) is 11.8. The molecule has 0 amide bonds. The van der Waals surface area contributed by atoms with E-state index in [1.54, 1.807) is 37.4 Å². The Bertz CT molecular complexity index is 1500. The van der Waals surface area contributed by atoms with Crippen LogP contribution in [0, 0.1) is 6.92 Å². The Morgan fingerprint density at radius 2 is 1.91 bits per heavy atom. The molecule has 4 rings (SSSR count). The number of aromatic nitrogens is 3. The lowest BCUT2D eigenvalue weighted by Gasteiger charge is -2.10. The second kappa shape index (κ2) is 8.49. The van der Waals surface area contributed by atoms with Crippen LogP contribution in [0.1, 0.15) is 41.4 Å². The smallest absolute Gasteiger partial charge is 0.261 e. The molecular formula is C23H22ClN5O3S. The third-order valence-electron chi connectivity index (χ3n) is 5.27. The Labute approximate surface area is 196 Å². The van der Waals surface area contributed by atoms with E-state index >= 15 is 0 Å². The summed E-state index contributed by atoms with van der Waals surface area (Å²) in [6.07, 6.45) is 3.06. The van der Waals surface area contributed by atoms with Gasteiger partial charge in [-0.3, -0.25) is 9.52 Å². The van der Waals surface area contributed by atoms with Crippen LogP contribution >= 0.6 is 11.6 Å². The number of ketones is 1. The van der Waals surface area contributed by atoms with E-state index in [-0.39, 0.29) is 28.2 Å². The van der Waals surface area contributed by atoms with Gasteiger partial charge in [-0.15, -0.1) is 0 Å². The number of nitrogen functional groups attached to an aromatic ring is 1. The van der Waals surface area contributed by atoms with Crippen molar-refractivity contribution in [1.29, 1.82) is 0 Å². The van der Waals surface area contributed by atoms with Crippen LogP contribution in [-0.2, 0) is 10.0 Å². The molecule has 0 unspecified atom stereocenters. The molecule has 0 atom stereocenters. The minimum Gasteiger partial charge on any atom is -0.383 e. The first-order valence-corrected chi connectivity index (χ1v) is 12.0. The summed E-state index contributed by atoms with van der Waals surface area (Å²) in [6.45, 7) is 5.73. The number of hydrogen-bond acceptors (Lipinski definition) is 6. The van der Waals surface area contributed by atoms with E-state index in [0.717, 1.165) is 5.56 Å². The molecule has 0 radical (unpaired) electrons. The number of halogens is 1. The first-order valence-electron chi connectivity index (χ1n) is 10.1. The number of carbonyl (C=O) groups is 1. The van der Waals surface area contributed by atoms with Gasteiger partial charge < -0.3 is 10.3 Å². The van der Waals surface area contributed by atoms with Crippen molar-refractivity contribution < 1.29 is 13.2 Å². The zero-order valence-corrected chi connectivity index (χ0v) is 19.8. The van der Waals surface area contributed by atoms with Gasteiger partial charge in [0.25, 0.3) is 10.0 Å². The fraction of sp³-hybridized carbons (Fsp3) is 0.174. The molecule has 0 saturated heterocycles. The van der Waals surface area contributed by atoms with E-state index in [0.29, 0.717) is 27.2 Å². The average molecular weight is 484 g/mol. The van der Waals surface area contributed by atoms with Crippen LogP contribution in [0.25, 0.3) is 11.0 Å². The van der Waals surface area contributed by atoms with E-state index in [9.17, 15) is 13.2 Å². The van der Waals surface area contributed by atoms with Crippen molar-refractivity contribution in [2.45, 2.75) is 31.7 Å². The van der Waals surface area contributed by atoms with Crippen molar-refractivity contribution in [3.8, 4) is 0 Å². The van der Waals surface area contributed by atoms with Gasteiger partial charge in [-0.1, -0.05) is 29.8 Å². The van der Waals surface area contributed by atoms with Gasteiger partial charge in [0.2, 0.25) is 0 Å². The lowest BCUT2D eigenvalue weighted by atomic mass is 10.0. The Morgan fingerprint density at radius 1 is 1.15 bits per heavy atom. The maximum absolute atomic E-state index is 13.4. The molecule has 0 aliphatic heterocycles. The van der Waals surface area contributed by atoms with Crippen molar-refractivity contribution in [3.63, 3.8) is 0 Å². The topological polar surface area (TPSA) is 120 Å². The molecule has 170 valence electrons. The standard InChI is InChI=1S/C23H22ClN5O3S/c1-13(2)29-11-18(20-22(25)26-12-27-23(20)29)21(30)15-5-4-6-16(9-15)28-33(31,32)17-8-7-14(3)19(24)10-17/h4-13,28H,1-3H3,(H2,25,26,27). The third-order valence-corrected chi connectivity index (χ3v) is 7.06. The summed E-state index contributed by atoms with van der Waals surface area (Å²) >= 11 is 6.08. The van der Waals surface area contributed by atoms with Crippen molar-refractivity contribution >= 4 is 49.9 Å². The molecule has 0 aliphatic carbocycles. The number of carbonyl (C=O) groups excluding carboxylic acids is 1. The minimum atomic E-state index is -3.90. The fourth-order valence-corrected chi connectivity index (χ4v) is 4.83. The molecular weight excluding hydrogens is 462 g/mol. The van der Waals surface area contributed by atoms with E-state index < -0.39 is 10.0 Å². The number of rotatable bonds is 6. The molecule has 0 spiro atoms. The fourth-order valence-electron chi connectivity index (χ4n) is 3.51. The maximum atomic E-state index is 13.4. The van der Waals surface area contributed by atoms with E-state index in [4.69, 9.17) is 17.3 Å². The third kappa shape index (κ3) is 4.29. The van der Waals surface area contributed by atoms with Gasteiger partial charge in [0, 0.05) is 28.5 Å². The maximum Gasteiger partial charge on any atom is 0.261 e. The average Bonchev–Trinajstić information content (AvgIpc) is 3.16. The predicted octanol–water partition coefficient (Wildman–Crippen LogP) is 4.59. The number of benzene rings is 2. The number of hydrogen-bond donors (Lipinski definition) is 2. The number of nitrogens with zero attached hydrogens (tertiary/aromatic N) is 3. The molecule has 2 aromatic carbocycles. The Morgan fingerprint density at radius 3 is 2.61 bits per heavy atom. The van der Waals surface area contributed by atoms with E-state index in [1.165, 1.54) is 24.5 Å². The Hall–Kier alpha value is -3.43. The van der Waals surface area contributed by atoms with E-state index in [1.807, 2.05) is 18.4 Å². The van der Waals surface area contributed by atoms with Gasteiger partial charge in [0.15, 0.2) is 5.78 Å². The van der Waals surface area contributed by atoms with Gasteiger partial charge in [-0.25, -0.2) is 18.4 Å². The van der Waals surface area contributed by atoms with Gasteiger partial charge in [0.05, 0.1) is 15.8 Å². The van der Waals surface area contributed by atoms with Crippen LogP contribution in [0.4, 0.5) is 11.5 Å². The number of fused-ring (bicyclic) bond motifs is 1.